The molecule has 168 valence electrons. The summed E-state index contributed by atoms with van der Waals surface area (Å²) in [5.74, 6) is -0.222. The Morgan fingerprint density at radius 2 is 1.82 bits per heavy atom. The number of carbonyl (C=O) groups is 1. The molecule has 0 spiro atoms. The van der Waals surface area contributed by atoms with Crippen LogP contribution < -0.4 is 10.9 Å². The molecule has 1 atom stereocenters. The van der Waals surface area contributed by atoms with Gasteiger partial charge in [-0.1, -0.05) is 42.0 Å². The predicted molar refractivity (Wildman–Crippen MR) is 128 cm³/mol. The van der Waals surface area contributed by atoms with Crippen LogP contribution in [0.25, 0.3) is 16.6 Å². The number of nitrogens with zero attached hydrogens (tertiary/aromatic N) is 4. The number of benzene rings is 2. The first-order valence-electron chi connectivity index (χ1n) is 11.3. The van der Waals surface area contributed by atoms with Gasteiger partial charge in [-0.15, -0.1) is 0 Å². The smallest absolute Gasteiger partial charge is 0.295 e. The maximum Gasteiger partial charge on any atom is 0.295 e. The van der Waals surface area contributed by atoms with Crippen LogP contribution in [0.15, 0.2) is 53.3 Å². The minimum absolute atomic E-state index is 0.0361. The van der Waals surface area contributed by atoms with Crippen LogP contribution in [0.4, 0.5) is 0 Å². The maximum atomic E-state index is 13.2. The molecule has 0 aliphatic heterocycles. The van der Waals surface area contributed by atoms with Crippen LogP contribution in [0.3, 0.4) is 0 Å². The highest BCUT2D eigenvalue weighted by molar-refractivity contribution is 5.84. The van der Waals surface area contributed by atoms with E-state index in [2.05, 4.69) is 27.6 Å². The van der Waals surface area contributed by atoms with E-state index in [0.717, 1.165) is 47.2 Å². The van der Waals surface area contributed by atoms with Crippen LogP contribution in [0.1, 0.15) is 47.0 Å². The molecule has 2 aromatic heterocycles. The largest absolute Gasteiger partial charge is 0.348 e. The maximum absolute atomic E-state index is 13.2. The summed E-state index contributed by atoms with van der Waals surface area (Å²) >= 11 is 0. The Morgan fingerprint density at radius 3 is 2.61 bits per heavy atom. The zero-order chi connectivity index (χ0) is 23.1. The number of hydrogen-bond acceptors (Lipinski definition) is 4. The molecule has 1 aliphatic carbocycles. The quantitative estimate of drug-likeness (QED) is 0.524. The molecule has 7 heteroatoms. The molecule has 2 heterocycles. The average Bonchev–Trinajstić information content (AvgIpc) is 3.16. The third kappa shape index (κ3) is 3.84. The fraction of sp³-hybridized carbons (Fsp3) is 0.308. The molecule has 1 amide bonds. The molecule has 0 saturated carbocycles. The van der Waals surface area contributed by atoms with E-state index in [1.165, 1.54) is 10.2 Å². The molecule has 33 heavy (non-hydrogen) atoms. The standard InChI is InChI=1S/C26H27N5O2/c1-16-11-13-20(14-12-16)31-18(3)24-17(2)28-30(26(33)25(24)29-31)15-23(32)27-22-10-6-8-19-7-4-5-9-21(19)22/h4-5,7,9,11-14,22H,6,8,10,15H2,1-3H3,(H,27,32). The first kappa shape index (κ1) is 21.1. The van der Waals surface area contributed by atoms with Gasteiger partial charge in [-0.3, -0.25) is 9.59 Å². The van der Waals surface area contributed by atoms with Gasteiger partial charge in [0, 0.05) is 0 Å². The highest BCUT2D eigenvalue weighted by Gasteiger charge is 2.23. The summed E-state index contributed by atoms with van der Waals surface area (Å²) in [5, 5.41) is 12.9. The highest BCUT2D eigenvalue weighted by atomic mass is 16.2. The second-order valence-corrected chi connectivity index (χ2v) is 8.82. The molecule has 1 N–H and O–H groups in total. The van der Waals surface area contributed by atoms with Gasteiger partial charge in [-0.2, -0.15) is 10.2 Å². The molecule has 1 aliphatic rings. The molecule has 4 aromatic rings. The van der Waals surface area contributed by atoms with Crippen molar-refractivity contribution in [3.05, 3.63) is 87.0 Å². The lowest BCUT2D eigenvalue weighted by atomic mass is 9.88. The summed E-state index contributed by atoms with van der Waals surface area (Å²) in [6, 6.07) is 16.2. The zero-order valence-corrected chi connectivity index (χ0v) is 19.1. The monoisotopic (exact) mass is 441 g/mol. The molecule has 0 fully saturated rings. The highest BCUT2D eigenvalue weighted by Crippen LogP contribution is 2.29. The van der Waals surface area contributed by atoms with Gasteiger partial charge in [0.15, 0.2) is 5.52 Å². The van der Waals surface area contributed by atoms with Crippen molar-refractivity contribution >= 4 is 16.8 Å². The number of rotatable bonds is 4. The van der Waals surface area contributed by atoms with Crippen molar-refractivity contribution in [3.8, 4) is 5.69 Å². The summed E-state index contributed by atoms with van der Waals surface area (Å²) in [7, 11) is 0. The van der Waals surface area contributed by atoms with E-state index in [-0.39, 0.29) is 24.1 Å². The van der Waals surface area contributed by atoms with Crippen molar-refractivity contribution < 1.29 is 4.79 Å². The molecule has 0 saturated heterocycles. The minimum Gasteiger partial charge on any atom is -0.348 e. The van der Waals surface area contributed by atoms with Gasteiger partial charge in [-0.25, -0.2) is 9.36 Å². The fourth-order valence-corrected chi connectivity index (χ4v) is 4.81. The van der Waals surface area contributed by atoms with Crippen molar-refractivity contribution in [1.29, 1.82) is 0 Å². The van der Waals surface area contributed by atoms with E-state index in [1.807, 2.05) is 57.2 Å². The molecular weight excluding hydrogens is 414 g/mol. The van der Waals surface area contributed by atoms with Gasteiger partial charge in [0.05, 0.1) is 28.5 Å². The number of amides is 1. The Hall–Kier alpha value is -3.74. The van der Waals surface area contributed by atoms with Crippen molar-refractivity contribution in [1.82, 2.24) is 24.9 Å². The predicted octanol–water partition coefficient (Wildman–Crippen LogP) is 3.70. The second-order valence-electron chi connectivity index (χ2n) is 8.82. The molecular formula is C26H27N5O2. The first-order valence-corrected chi connectivity index (χ1v) is 11.3. The lowest BCUT2D eigenvalue weighted by molar-refractivity contribution is -0.122. The summed E-state index contributed by atoms with van der Waals surface area (Å²) < 4.78 is 3.00. The summed E-state index contributed by atoms with van der Waals surface area (Å²) in [4.78, 5) is 26.1. The Balaban J connectivity index is 1.45. The van der Waals surface area contributed by atoms with Gasteiger partial charge in [0.25, 0.3) is 5.56 Å². The molecule has 5 rings (SSSR count). The number of nitrogens with one attached hydrogen (secondary N) is 1. The third-order valence-corrected chi connectivity index (χ3v) is 6.46. The van der Waals surface area contributed by atoms with E-state index in [0.29, 0.717) is 11.2 Å². The van der Waals surface area contributed by atoms with Crippen LogP contribution in [0.2, 0.25) is 0 Å². The van der Waals surface area contributed by atoms with Crippen LogP contribution in [-0.4, -0.2) is 25.5 Å². The molecule has 1 unspecified atom stereocenters. The molecule has 0 bridgehead atoms. The minimum atomic E-state index is -0.358. The molecule has 2 aromatic carbocycles. The van der Waals surface area contributed by atoms with Gasteiger partial charge in [-0.05, 0) is 63.3 Å². The van der Waals surface area contributed by atoms with Crippen LogP contribution in [-0.2, 0) is 17.8 Å². The topological polar surface area (TPSA) is 81.8 Å². The van der Waals surface area contributed by atoms with Crippen molar-refractivity contribution in [3.63, 3.8) is 0 Å². The number of fused-ring (bicyclic) bond motifs is 2. The SMILES string of the molecule is Cc1ccc(-n2nc3c(=O)n(CC(=O)NC4CCCc5ccccc54)nc(C)c3c2C)cc1. The van der Waals surface area contributed by atoms with E-state index in [4.69, 9.17) is 0 Å². The normalized spacial score (nSPS) is 15.4. The Labute approximate surface area is 192 Å². The second kappa shape index (κ2) is 8.31. The number of aromatic nitrogens is 4. The number of carbonyl (C=O) groups excluding carboxylic acids is 1. The van der Waals surface area contributed by atoms with Gasteiger partial charge in [0.1, 0.15) is 6.54 Å². The van der Waals surface area contributed by atoms with E-state index < -0.39 is 0 Å². The van der Waals surface area contributed by atoms with Crippen molar-refractivity contribution in [2.45, 2.75) is 52.6 Å². The van der Waals surface area contributed by atoms with Crippen LogP contribution in [0, 0.1) is 20.8 Å². The zero-order valence-electron chi connectivity index (χ0n) is 19.1. The molecule has 0 radical (unpaired) electrons. The van der Waals surface area contributed by atoms with Crippen molar-refractivity contribution in [2.75, 3.05) is 0 Å². The van der Waals surface area contributed by atoms with Gasteiger partial charge in [0.2, 0.25) is 5.91 Å². The fourth-order valence-electron chi connectivity index (χ4n) is 4.81. The lowest BCUT2D eigenvalue weighted by Crippen LogP contribution is -2.37. The number of aryl methyl sites for hydroxylation is 4. The summed E-state index contributed by atoms with van der Waals surface area (Å²) in [6.45, 7) is 5.67. The third-order valence-electron chi connectivity index (χ3n) is 6.46. The first-order chi connectivity index (χ1) is 15.9. The van der Waals surface area contributed by atoms with E-state index >= 15 is 0 Å². The van der Waals surface area contributed by atoms with Crippen molar-refractivity contribution in [2.24, 2.45) is 0 Å². The summed E-state index contributed by atoms with van der Waals surface area (Å²) in [5.41, 5.74) is 5.98. The van der Waals surface area contributed by atoms with E-state index in [1.54, 1.807) is 4.68 Å². The number of hydrogen-bond donors (Lipinski definition) is 1. The van der Waals surface area contributed by atoms with Crippen LogP contribution >= 0.6 is 0 Å². The summed E-state index contributed by atoms with van der Waals surface area (Å²) in [6.07, 6.45) is 2.95. The Kier molecular flexibility index (Phi) is 5.32. The Morgan fingerprint density at radius 1 is 1.06 bits per heavy atom. The molecule has 7 nitrogen and oxygen atoms in total. The lowest BCUT2D eigenvalue weighted by Gasteiger charge is -2.26. The average molecular weight is 442 g/mol. The van der Waals surface area contributed by atoms with E-state index in [9.17, 15) is 9.59 Å². The van der Waals surface area contributed by atoms with Crippen LogP contribution in [0.5, 0.6) is 0 Å². The Bertz CT molecular complexity index is 1420. The van der Waals surface area contributed by atoms with Gasteiger partial charge < -0.3 is 5.32 Å². The van der Waals surface area contributed by atoms with Gasteiger partial charge >= 0.3 is 0 Å².